The summed E-state index contributed by atoms with van der Waals surface area (Å²) >= 11 is 0. The highest BCUT2D eigenvalue weighted by atomic mass is 16.5. The van der Waals surface area contributed by atoms with Gasteiger partial charge >= 0.3 is 0 Å². The first-order valence-corrected chi connectivity index (χ1v) is 4.07. The number of hydrogen-bond acceptors (Lipinski definition) is 3. The van der Waals surface area contributed by atoms with Gasteiger partial charge in [0, 0.05) is 6.61 Å². The van der Waals surface area contributed by atoms with E-state index in [9.17, 15) is 4.79 Å². The fraction of sp³-hybridized carbons (Fsp3) is 0.750. The molecule has 4 nitrogen and oxygen atoms in total. The van der Waals surface area contributed by atoms with Gasteiger partial charge in [0.15, 0.2) is 0 Å². The van der Waals surface area contributed by atoms with Crippen LogP contribution >= 0.6 is 0 Å². The molecule has 0 radical (unpaired) electrons. The molecular formula is C8H12N2O2. The molecule has 0 aromatic carbocycles. The summed E-state index contributed by atoms with van der Waals surface area (Å²) in [5, 5.41) is 11.0. The van der Waals surface area contributed by atoms with Gasteiger partial charge in [-0.2, -0.15) is 5.26 Å². The molecule has 1 N–H and O–H groups in total. The van der Waals surface area contributed by atoms with Gasteiger partial charge in [0.1, 0.15) is 6.42 Å². The van der Waals surface area contributed by atoms with Crippen LogP contribution in [0.4, 0.5) is 0 Å². The average molecular weight is 168 g/mol. The van der Waals surface area contributed by atoms with E-state index in [-0.39, 0.29) is 18.4 Å². The Kier molecular flexibility index (Phi) is 3.55. The van der Waals surface area contributed by atoms with Crippen LogP contribution in [0.25, 0.3) is 0 Å². The largest absolute Gasteiger partial charge is 0.379 e. The Morgan fingerprint density at radius 2 is 2.58 bits per heavy atom. The van der Waals surface area contributed by atoms with Gasteiger partial charge in [-0.25, -0.2) is 0 Å². The molecule has 0 bridgehead atoms. The predicted molar refractivity (Wildman–Crippen MR) is 42.2 cm³/mol. The molecule has 66 valence electrons. The first-order valence-electron chi connectivity index (χ1n) is 4.07. The predicted octanol–water partition coefficient (Wildman–Crippen LogP) is 0.195. The lowest BCUT2D eigenvalue weighted by Gasteiger charge is -2.22. The van der Waals surface area contributed by atoms with Crippen molar-refractivity contribution in [2.24, 2.45) is 0 Å². The molecule has 0 saturated carbocycles. The lowest BCUT2D eigenvalue weighted by molar-refractivity contribution is -0.121. The topological polar surface area (TPSA) is 62.1 Å². The molecule has 0 aromatic rings. The van der Waals surface area contributed by atoms with Crippen molar-refractivity contribution in [1.29, 1.82) is 5.26 Å². The van der Waals surface area contributed by atoms with Crippen LogP contribution in [-0.4, -0.2) is 25.2 Å². The maximum Gasteiger partial charge on any atom is 0.234 e. The molecule has 12 heavy (non-hydrogen) atoms. The highest BCUT2D eigenvalue weighted by molar-refractivity contribution is 5.78. The minimum atomic E-state index is -0.201. The summed E-state index contributed by atoms with van der Waals surface area (Å²) < 4.78 is 5.16. The number of rotatable bonds is 2. The number of amides is 1. The number of nitrogens with zero attached hydrogens (tertiary/aromatic N) is 1. The van der Waals surface area contributed by atoms with Crippen molar-refractivity contribution in [3.8, 4) is 6.07 Å². The summed E-state index contributed by atoms with van der Waals surface area (Å²) in [6, 6.07) is 1.91. The minimum Gasteiger partial charge on any atom is -0.379 e. The van der Waals surface area contributed by atoms with E-state index in [1.165, 1.54) is 0 Å². The van der Waals surface area contributed by atoms with E-state index in [2.05, 4.69) is 5.32 Å². The van der Waals surface area contributed by atoms with Gasteiger partial charge in [-0.15, -0.1) is 0 Å². The van der Waals surface area contributed by atoms with Crippen LogP contribution < -0.4 is 5.32 Å². The fourth-order valence-electron chi connectivity index (χ4n) is 1.21. The van der Waals surface area contributed by atoms with Gasteiger partial charge in [-0.3, -0.25) is 4.79 Å². The molecule has 1 fully saturated rings. The van der Waals surface area contributed by atoms with Crippen LogP contribution in [0.1, 0.15) is 19.3 Å². The number of hydrogen-bond donors (Lipinski definition) is 1. The first-order chi connectivity index (χ1) is 5.83. The summed E-state index contributed by atoms with van der Waals surface area (Å²) in [6.45, 7) is 1.36. The Hall–Kier alpha value is -1.08. The molecule has 1 aliphatic heterocycles. The molecule has 1 saturated heterocycles. The highest BCUT2D eigenvalue weighted by Crippen LogP contribution is 2.05. The van der Waals surface area contributed by atoms with Crippen molar-refractivity contribution in [1.82, 2.24) is 5.32 Å². The van der Waals surface area contributed by atoms with Crippen LogP contribution in [0.5, 0.6) is 0 Å². The molecule has 0 aliphatic carbocycles. The second-order valence-electron chi connectivity index (χ2n) is 2.82. The second kappa shape index (κ2) is 4.73. The lowest BCUT2D eigenvalue weighted by atomic mass is 10.1. The Bertz CT molecular complexity index is 192. The molecular weight excluding hydrogens is 156 g/mol. The third kappa shape index (κ3) is 2.89. The number of ether oxygens (including phenoxy) is 1. The van der Waals surface area contributed by atoms with Crippen molar-refractivity contribution in [2.75, 3.05) is 13.2 Å². The monoisotopic (exact) mass is 168 g/mol. The Morgan fingerprint density at radius 1 is 1.75 bits per heavy atom. The number of carbonyl (C=O) groups excluding carboxylic acids is 1. The molecule has 4 heteroatoms. The quantitative estimate of drug-likeness (QED) is 0.640. The normalized spacial score (nSPS) is 22.8. The van der Waals surface area contributed by atoms with Crippen LogP contribution in [-0.2, 0) is 9.53 Å². The third-order valence-corrected chi connectivity index (χ3v) is 1.77. The van der Waals surface area contributed by atoms with Crippen LogP contribution in [0.15, 0.2) is 0 Å². The van der Waals surface area contributed by atoms with E-state index in [1.54, 1.807) is 6.07 Å². The van der Waals surface area contributed by atoms with Crippen LogP contribution in [0.3, 0.4) is 0 Å². The van der Waals surface area contributed by atoms with Crippen molar-refractivity contribution >= 4 is 5.91 Å². The highest BCUT2D eigenvalue weighted by Gasteiger charge is 2.15. The molecule has 0 spiro atoms. The molecule has 1 aliphatic rings. The zero-order chi connectivity index (χ0) is 8.81. The van der Waals surface area contributed by atoms with Crippen molar-refractivity contribution < 1.29 is 9.53 Å². The van der Waals surface area contributed by atoms with Crippen molar-refractivity contribution in [3.63, 3.8) is 0 Å². The standard InChI is InChI=1S/C8H12N2O2/c9-4-3-8(11)10-7-2-1-5-12-6-7/h7H,1-3,5-6H2,(H,10,11). The molecule has 1 atom stereocenters. The average Bonchev–Trinajstić information content (AvgIpc) is 2.06. The summed E-state index contributed by atoms with van der Waals surface area (Å²) in [4.78, 5) is 10.9. The molecule has 0 aromatic heterocycles. The van der Waals surface area contributed by atoms with Crippen LogP contribution in [0, 0.1) is 11.3 Å². The van der Waals surface area contributed by atoms with Crippen molar-refractivity contribution in [3.05, 3.63) is 0 Å². The van der Waals surface area contributed by atoms with Gasteiger partial charge in [0.05, 0.1) is 18.7 Å². The van der Waals surface area contributed by atoms with Gasteiger partial charge in [0.25, 0.3) is 0 Å². The smallest absolute Gasteiger partial charge is 0.234 e. The van der Waals surface area contributed by atoms with Gasteiger partial charge in [-0.1, -0.05) is 0 Å². The molecule has 1 heterocycles. The van der Waals surface area contributed by atoms with E-state index >= 15 is 0 Å². The zero-order valence-corrected chi connectivity index (χ0v) is 6.88. The zero-order valence-electron chi connectivity index (χ0n) is 6.88. The number of nitriles is 1. The van der Waals surface area contributed by atoms with Gasteiger partial charge < -0.3 is 10.1 Å². The summed E-state index contributed by atoms with van der Waals surface area (Å²) in [5.74, 6) is -0.201. The van der Waals surface area contributed by atoms with E-state index in [4.69, 9.17) is 10.00 Å². The maximum atomic E-state index is 10.9. The Balaban J connectivity index is 2.21. The van der Waals surface area contributed by atoms with E-state index in [0.29, 0.717) is 6.61 Å². The van der Waals surface area contributed by atoms with Crippen LogP contribution in [0.2, 0.25) is 0 Å². The van der Waals surface area contributed by atoms with E-state index in [1.807, 2.05) is 0 Å². The Morgan fingerprint density at radius 3 is 3.17 bits per heavy atom. The summed E-state index contributed by atoms with van der Waals surface area (Å²) in [6.07, 6.45) is 1.88. The van der Waals surface area contributed by atoms with E-state index in [0.717, 1.165) is 19.4 Å². The van der Waals surface area contributed by atoms with Crippen molar-refractivity contribution in [2.45, 2.75) is 25.3 Å². The first kappa shape index (κ1) is 9.01. The lowest BCUT2D eigenvalue weighted by Crippen LogP contribution is -2.40. The Labute approximate surface area is 71.5 Å². The van der Waals surface area contributed by atoms with Gasteiger partial charge in [-0.05, 0) is 12.8 Å². The molecule has 1 rings (SSSR count). The third-order valence-electron chi connectivity index (χ3n) is 1.77. The summed E-state index contributed by atoms with van der Waals surface area (Å²) in [7, 11) is 0. The SMILES string of the molecule is N#CCC(=O)NC1CCCOC1. The fourth-order valence-corrected chi connectivity index (χ4v) is 1.21. The van der Waals surface area contributed by atoms with Gasteiger partial charge in [0.2, 0.25) is 5.91 Å². The number of nitrogens with one attached hydrogen (secondary N) is 1. The maximum absolute atomic E-state index is 10.9. The number of carbonyl (C=O) groups is 1. The van der Waals surface area contributed by atoms with E-state index < -0.39 is 0 Å². The summed E-state index contributed by atoms with van der Waals surface area (Å²) in [5.41, 5.74) is 0. The molecule has 1 amide bonds. The minimum absolute atomic E-state index is 0.0590. The second-order valence-corrected chi connectivity index (χ2v) is 2.82. The molecule has 1 unspecified atom stereocenters.